The predicted octanol–water partition coefficient (Wildman–Crippen LogP) is 6.81. The number of anilines is 1. The molecule has 0 aliphatic heterocycles. The minimum absolute atomic E-state index is 0.192. The van der Waals surface area contributed by atoms with Crippen LogP contribution in [0.1, 0.15) is 51.9 Å². The Labute approximate surface area is 371 Å². The fraction of sp³-hybridized carbons (Fsp3) is 0.316. The second kappa shape index (κ2) is 22.0. The second-order valence-electron chi connectivity index (χ2n) is 13.3. The highest BCUT2D eigenvalue weighted by molar-refractivity contribution is 6.32. The molecule has 2 amide bonds. The molecule has 1 atom stereocenters. The van der Waals surface area contributed by atoms with E-state index >= 15 is 0 Å². The number of alkyl halides is 9. The van der Waals surface area contributed by atoms with Crippen molar-refractivity contribution in [3.8, 4) is 28.1 Å². The van der Waals surface area contributed by atoms with Gasteiger partial charge in [0.2, 0.25) is 0 Å². The summed E-state index contributed by atoms with van der Waals surface area (Å²) < 4.78 is 103. The molecule has 66 heavy (non-hydrogen) atoms. The fourth-order valence-corrected chi connectivity index (χ4v) is 5.36. The minimum Gasteiger partial charge on any atom is -0.493 e. The van der Waals surface area contributed by atoms with Gasteiger partial charge in [-0.3, -0.25) is 19.6 Å². The largest absolute Gasteiger partial charge is 0.493 e. The summed E-state index contributed by atoms with van der Waals surface area (Å²) in [6.07, 6.45) is -9.08. The maximum absolute atomic E-state index is 12.7. The number of nitrogens with two attached hydrogens (primary N) is 1. The van der Waals surface area contributed by atoms with E-state index < -0.39 is 42.5 Å². The van der Waals surface area contributed by atoms with Crippen molar-refractivity contribution >= 4 is 58.2 Å². The molecule has 1 aromatic carbocycles. The molecule has 0 aliphatic carbocycles. The smallest absolute Gasteiger partial charge is 0.490 e. The van der Waals surface area contributed by atoms with Gasteiger partial charge in [-0.1, -0.05) is 17.7 Å². The number of hydrogen-bond donors (Lipinski definition) is 4. The van der Waals surface area contributed by atoms with Crippen LogP contribution in [0.2, 0.25) is 5.02 Å². The number of benzene rings is 1. The Morgan fingerprint density at radius 1 is 0.788 bits per heavy atom. The molecular formula is C38H37ClF9N9O9. The van der Waals surface area contributed by atoms with Crippen molar-refractivity contribution < 1.29 is 83.5 Å². The van der Waals surface area contributed by atoms with Crippen LogP contribution in [-0.2, 0) is 14.4 Å². The molecule has 358 valence electrons. The minimum atomic E-state index is -5.08. The van der Waals surface area contributed by atoms with Crippen molar-refractivity contribution in [3.05, 3.63) is 76.6 Å². The van der Waals surface area contributed by atoms with Gasteiger partial charge in [-0.05, 0) is 44.5 Å². The summed E-state index contributed by atoms with van der Waals surface area (Å²) in [5, 5.41) is 27.4. The molecule has 0 spiro atoms. The van der Waals surface area contributed by atoms with E-state index in [4.69, 9.17) is 56.9 Å². The van der Waals surface area contributed by atoms with Gasteiger partial charge >= 0.3 is 36.4 Å². The third-order valence-electron chi connectivity index (χ3n) is 8.20. The number of nitrogen functional groups attached to an aromatic ring is 1. The van der Waals surface area contributed by atoms with Gasteiger partial charge in [0.1, 0.15) is 29.3 Å². The number of fused-ring (bicyclic) bond motifs is 1. The normalized spacial score (nSPS) is 11.7. The lowest BCUT2D eigenvalue weighted by molar-refractivity contribution is -0.193. The van der Waals surface area contributed by atoms with Crippen LogP contribution in [0.5, 0.6) is 5.75 Å². The molecule has 4 aromatic heterocycles. The Kier molecular flexibility index (Phi) is 18.3. The lowest BCUT2D eigenvalue weighted by atomic mass is 9.94. The summed E-state index contributed by atoms with van der Waals surface area (Å²) in [5.41, 5.74) is 11.7. The van der Waals surface area contributed by atoms with Crippen molar-refractivity contribution in [2.24, 2.45) is 0 Å². The quantitative estimate of drug-likeness (QED) is 0.117. The van der Waals surface area contributed by atoms with Gasteiger partial charge in [-0.25, -0.2) is 29.0 Å². The summed E-state index contributed by atoms with van der Waals surface area (Å²) in [4.78, 5) is 72.3. The number of amides is 2. The zero-order valence-electron chi connectivity index (χ0n) is 35.1. The van der Waals surface area contributed by atoms with Gasteiger partial charge in [0.25, 0.3) is 11.8 Å². The molecule has 0 saturated heterocycles. The Hall–Kier alpha value is -7.32. The molecule has 0 aliphatic rings. The van der Waals surface area contributed by atoms with Crippen molar-refractivity contribution in [1.29, 1.82) is 0 Å². The first-order valence-corrected chi connectivity index (χ1v) is 18.3. The van der Waals surface area contributed by atoms with Crippen LogP contribution in [0.3, 0.4) is 0 Å². The monoisotopic (exact) mass is 969 g/mol. The van der Waals surface area contributed by atoms with E-state index in [2.05, 4.69) is 19.9 Å². The van der Waals surface area contributed by atoms with E-state index in [0.29, 0.717) is 50.9 Å². The van der Waals surface area contributed by atoms with E-state index in [-0.39, 0.29) is 17.6 Å². The highest BCUT2D eigenvalue weighted by Gasteiger charge is 2.39. The number of carboxylic acids is 3. The average Bonchev–Trinajstić information content (AvgIpc) is 3.62. The molecule has 28 heteroatoms. The zero-order valence-corrected chi connectivity index (χ0v) is 35.9. The Balaban J connectivity index is 0.000000589. The number of ether oxygens (including phenoxy) is 1. The highest BCUT2D eigenvalue weighted by atomic mass is 35.5. The standard InChI is InChI=1S/C32H34ClN9O3.3C2HF3O2/c1-8-45-28-22(12-23(33)17(2)25(28)19-9-10-24(36-15-19)32(44)41(6)7)18(3)42-30-26(29(34)37-16-38-30)27(39-42)20-11-21(14-35-13-20)31(43)40(4)5;3*3-2(4,5)1(6)7/h9-16,18H,8H2,1-7H3,(H2,34,37,38);3*(H,6,7). The van der Waals surface area contributed by atoms with Crippen molar-refractivity contribution in [2.45, 2.75) is 45.3 Å². The number of nitrogens with zero attached hydrogens (tertiary/aromatic N) is 8. The molecule has 0 bridgehead atoms. The zero-order chi connectivity index (χ0) is 50.8. The summed E-state index contributed by atoms with van der Waals surface area (Å²) in [5.74, 6) is -7.81. The first kappa shape index (κ1) is 54.8. The summed E-state index contributed by atoms with van der Waals surface area (Å²) >= 11 is 6.86. The second-order valence-corrected chi connectivity index (χ2v) is 13.7. The van der Waals surface area contributed by atoms with Crippen LogP contribution in [-0.4, -0.2) is 138 Å². The number of hydrogen-bond acceptors (Lipinski definition) is 12. The number of aliphatic carboxylic acids is 3. The lowest BCUT2D eigenvalue weighted by Gasteiger charge is -2.23. The molecule has 5 rings (SSSR count). The molecule has 5 aromatic rings. The fourth-order valence-electron chi connectivity index (χ4n) is 5.14. The number of carboxylic acid groups (broad SMARTS) is 3. The van der Waals surface area contributed by atoms with Crippen LogP contribution in [0, 0.1) is 6.92 Å². The topological polar surface area (TPSA) is 257 Å². The molecule has 5 N–H and O–H groups in total. The van der Waals surface area contributed by atoms with E-state index in [0.717, 1.165) is 22.3 Å². The van der Waals surface area contributed by atoms with Gasteiger partial charge in [-0.15, -0.1) is 0 Å². The lowest BCUT2D eigenvalue weighted by Crippen LogP contribution is -2.22. The Morgan fingerprint density at radius 3 is 1.74 bits per heavy atom. The Morgan fingerprint density at radius 2 is 1.30 bits per heavy atom. The molecular weight excluding hydrogens is 933 g/mol. The number of aromatic nitrogens is 6. The number of halogens is 10. The third-order valence-corrected chi connectivity index (χ3v) is 8.59. The molecule has 18 nitrogen and oxygen atoms in total. The first-order valence-electron chi connectivity index (χ1n) is 18.0. The Bertz CT molecular complexity index is 2510. The summed E-state index contributed by atoms with van der Waals surface area (Å²) in [7, 11) is 6.72. The SMILES string of the molecule is CCOc1c(C(C)n2nc(-c3cncc(C(=O)N(C)C)c3)c3c(N)ncnc32)cc(Cl)c(C)c1-c1ccc(C(=O)N(C)C)nc1.O=C(O)C(F)(F)F.O=C(O)C(F)(F)F.O=C(O)C(F)(F)F. The molecule has 1 unspecified atom stereocenters. The van der Waals surface area contributed by atoms with Crippen molar-refractivity contribution in [1.82, 2.24) is 39.5 Å². The number of pyridine rings is 2. The van der Waals surface area contributed by atoms with E-state index in [1.807, 2.05) is 32.9 Å². The summed E-state index contributed by atoms with van der Waals surface area (Å²) in [6, 6.07) is 6.67. The maximum atomic E-state index is 12.7. The summed E-state index contributed by atoms with van der Waals surface area (Å²) in [6.45, 7) is 6.17. The molecule has 0 saturated carbocycles. The number of carbonyl (C=O) groups is 5. The third kappa shape index (κ3) is 14.1. The van der Waals surface area contributed by atoms with Gasteiger partial charge in [0, 0.05) is 74.1 Å². The van der Waals surface area contributed by atoms with E-state index in [1.54, 1.807) is 57.4 Å². The van der Waals surface area contributed by atoms with Crippen LogP contribution < -0.4 is 10.5 Å². The first-order chi connectivity index (χ1) is 30.3. The van der Waals surface area contributed by atoms with Crippen LogP contribution in [0.25, 0.3) is 33.4 Å². The average molecular weight is 970 g/mol. The van der Waals surface area contributed by atoms with E-state index in [1.165, 1.54) is 22.3 Å². The van der Waals surface area contributed by atoms with Crippen LogP contribution >= 0.6 is 11.6 Å². The van der Waals surface area contributed by atoms with Crippen molar-refractivity contribution in [3.63, 3.8) is 0 Å². The molecule has 0 fully saturated rings. The molecule has 4 heterocycles. The predicted molar refractivity (Wildman–Crippen MR) is 214 cm³/mol. The maximum Gasteiger partial charge on any atom is 0.490 e. The number of carbonyl (C=O) groups excluding carboxylic acids is 2. The van der Waals surface area contributed by atoms with Gasteiger partial charge < -0.3 is 35.6 Å². The highest BCUT2D eigenvalue weighted by Crippen LogP contribution is 2.44. The van der Waals surface area contributed by atoms with Crippen LogP contribution in [0.15, 0.2) is 49.2 Å². The van der Waals surface area contributed by atoms with Crippen molar-refractivity contribution in [2.75, 3.05) is 40.5 Å². The van der Waals surface area contributed by atoms with Gasteiger partial charge in [0.15, 0.2) is 5.65 Å². The number of rotatable bonds is 8. The van der Waals surface area contributed by atoms with E-state index in [9.17, 15) is 49.1 Å². The van der Waals surface area contributed by atoms with Gasteiger partial charge in [-0.2, -0.15) is 44.6 Å². The molecule has 0 radical (unpaired) electrons. The van der Waals surface area contributed by atoms with Gasteiger partial charge in [0.05, 0.1) is 23.6 Å². The van der Waals surface area contributed by atoms with Crippen LogP contribution in [0.4, 0.5) is 45.3 Å².